The normalized spacial score (nSPS) is 11.9. The van der Waals surface area contributed by atoms with E-state index in [0.29, 0.717) is 0 Å². The number of halogens is 2. The van der Waals surface area contributed by atoms with Crippen molar-refractivity contribution in [1.29, 1.82) is 5.26 Å². The highest BCUT2D eigenvalue weighted by atomic mass is 19.1. The number of hydrogen-bond donors (Lipinski definition) is 0. The van der Waals surface area contributed by atoms with Crippen LogP contribution in [-0.4, -0.2) is 0 Å². The maximum Gasteiger partial charge on any atom is 0.146 e. The second-order valence-corrected chi connectivity index (χ2v) is 6.88. The highest BCUT2D eigenvalue weighted by molar-refractivity contribution is 5.57. The molecule has 0 aliphatic rings. The molecule has 1 rings (SSSR count). The molecule has 106 valence electrons. The average molecular weight is 275 g/mol. The quantitative estimate of drug-likeness (QED) is 0.643. The zero-order valence-electron chi connectivity index (χ0n) is 12.8. The molecule has 3 heteroatoms. The lowest BCUT2D eigenvalue weighted by Gasteiger charge is -2.31. The van der Waals surface area contributed by atoms with Crippen molar-refractivity contribution < 1.29 is 8.78 Å². The van der Waals surface area contributed by atoms with Crippen molar-refractivity contribution in [2.45, 2.75) is 52.4 Å². The minimum Gasteiger partial charge on any atom is -0.205 e. The van der Waals surface area contributed by atoms with Crippen molar-refractivity contribution >= 4 is 0 Å². The van der Waals surface area contributed by atoms with Gasteiger partial charge in [0.1, 0.15) is 23.3 Å². The van der Waals surface area contributed by atoms with Crippen LogP contribution < -0.4 is 0 Å². The Morgan fingerprint density at radius 3 is 1.45 bits per heavy atom. The molecule has 0 bridgehead atoms. The fourth-order valence-corrected chi connectivity index (χ4v) is 2.34. The molecule has 0 saturated carbocycles. The van der Waals surface area contributed by atoms with Gasteiger partial charge in [-0.25, -0.2) is 8.78 Å². The van der Waals surface area contributed by atoms with Gasteiger partial charge in [0, 0.05) is 11.1 Å². The summed E-state index contributed by atoms with van der Waals surface area (Å²) in [6, 6.07) is 1.69. The second kappa shape index (κ2) is 4.91. The van der Waals surface area contributed by atoms with Gasteiger partial charge in [-0.1, -0.05) is 47.5 Å². The molecule has 0 aliphatic heterocycles. The van der Waals surface area contributed by atoms with Gasteiger partial charge in [-0.3, -0.25) is 0 Å². The van der Waals surface area contributed by atoms with Crippen molar-refractivity contribution in [3.8, 4) is 18.4 Å². The largest absolute Gasteiger partial charge is 0.205 e. The van der Waals surface area contributed by atoms with Gasteiger partial charge in [-0.15, -0.1) is 6.42 Å². The summed E-state index contributed by atoms with van der Waals surface area (Å²) >= 11 is 0. The first kappa shape index (κ1) is 16.2. The maximum atomic E-state index is 14.7. The molecule has 0 amide bonds. The maximum absolute atomic E-state index is 14.7. The van der Waals surface area contributed by atoms with Gasteiger partial charge in [-0.2, -0.15) is 5.26 Å². The van der Waals surface area contributed by atoms with E-state index in [2.05, 4.69) is 5.92 Å². The minimum atomic E-state index is -0.709. The molecule has 0 saturated heterocycles. The number of nitriles is 1. The van der Waals surface area contributed by atoms with Crippen molar-refractivity contribution in [3.05, 3.63) is 33.9 Å². The Morgan fingerprint density at radius 1 is 0.850 bits per heavy atom. The molecule has 0 heterocycles. The molecule has 0 aromatic heterocycles. The molecule has 1 aromatic rings. The van der Waals surface area contributed by atoms with E-state index in [9.17, 15) is 8.78 Å². The van der Waals surface area contributed by atoms with Gasteiger partial charge in [-0.05, 0) is 10.8 Å². The fraction of sp³-hybridized carbons (Fsp3) is 0.471. The standard InChI is InChI=1S/C17H19F2N/c1-8-10-11(9-20)15(19)13(17(5,6)7)12(14(10)18)16(2,3)4/h1H,2-7H3. The van der Waals surface area contributed by atoms with E-state index in [1.54, 1.807) is 47.6 Å². The van der Waals surface area contributed by atoms with E-state index < -0.39 is 22.5 Å². The lowest BCUT2D eigenvalue weighted by atomic mass is 9.73. The van der Waals surface area contributed by atoms with Gasteiger partial charge < -0.3 is 0 Å². The summed E-state index contributed by atoms with van der Waals surface area (Å²) in [7, 11) is 0. The molecule has 0 atom stereocenters. The Hall–Kier alpha value is -1.87. The van der Waals surface area contributed by atoms with E-state index in [0.717, 1.165) is 0 Å². The van der Waals surface area contributed by atoms with Crippen molar-refractivity contribution in [2.24, 2.45) is 0 Å². The third kappa shape index (κ3) is 2.54. The summed E-state index contributed by atoms with van der Waals surface area (Å²) in [5.41, 5.74) is -1.46. The van der Waals surface area contributed by atoms with E-state index in [1.165, 1.54) is 0 Å². The summed E-state index contributed by atoms with van der Waals surface area (Å²) in [6.45, 7) is 10.8. The SMILES string of the molecule is C#Cc1c(F)c(C(C)(C)C)c(C(C)(C)C)c(F)c1C#N. The van der Waals surface area contributed by atoms with Gasteiger partial charge >= 0.3 is 0 Å². The van der Waals surface area contributed by atoms with Crippen LogP contribution in [-0.2, 0) is 10.8 Å². The smallest absolute Gasteiger partial charge is 0.146 e. The van der Waals surface area contributed by atoms with E-state index in [-0.39, 0.29) is 22.3 Å². The van der Waals surface area contributed by atoms with Crippen LogP contribution in [0.15, 0.2) is 0 Å². The predicted molar refractivity (Wildman–Crippen MR) is 76.4 cm³/mol. The minimum absolute atomic E-state index is 0.220. The van der Waals surface area contributed by atoms with Crippen LogP contribution in [0, 0.1) is 35.3 Å². The van der Waals surface area contributed by atoms with E-state index in [1.807, 2.05) is 0 Å². The van der Waals surface area contributed by atoms with Crippen molar-refractivity contribution in [1.82, 2.24) is 0 Å². The van der Waals surface area contributed by atoms with E-state index in [4.69, 9.17) is 11.7 Å². The second-order valence-electron chi connectivity index (χ2n) is 6.88. The molecule has 0 spiro atoms. The Morgan fingerprint density at radius 2 is 1.20 bits per heavy atom. The Kier molecular flexibility index (Phi) is 3.97. The monoisotopic (exact) mass is 275 g/mol. The fourth-order valence-electron chi connectivity index (χ4n) is 2.34. The van der Waals surface area contributed by atoms with Crippen LogP contribution in [0.1, 0.15) is 63.8 Å². The summed E-state index contributed by atoms with van der Waals surface area (Å²) in [6.07, 6.45) is 5.26. The molecular weight excluding hydrogens is 256 g/mol. The van der Waals surface area contributed by atoms with Gasteiger partial charge in [0.2, 0.25) is 0 Å². The molecule has 0 aliphatic carbocycles. The van der Waals surface area contributed by atoms with Crippen LogP contribution in [0.3, 0.4) is 0 Å². The van der Waals surface area contributed by atoms with Crippen LogP contribution in [0.5, 0.6) is 0 Å². The number of terminal acetylenes is 1. The Bertz CT molecular complexity index is 573. The number of hydrogen-bond acceptors (Lipinski definition) is 1. The van der Waals surface area contributed by atoms with Crippen molar-refractivity contribution in [2.75, 3.05) is 0 Å². The van der Waals surface area contributed by atoms with Crippen LogP contribution in [0.2, 0.25) is 0 Å². The van der Waals surface area contributed by atoms with Gasteiger partial charge in [0.25, 0.3) is 0 Å². The highest BCUT2D eigenvalue weighted by Gasteiger charge is 2.35. The molecular formula is C17H19F2N. The van der Waals surface area contributed by atoms with Crippen LogP contribution in [0.25, 0.3) is 0 Å². The topological polar surface area (TPSA) is 23.8 Å². The third-order valence-corrected chi connectivity index (χ3v) is 3.13. The Labute approximate surface area is 119 Å². The molecule has 20 heavy (non-hydrogen) atoms. The predicted octanol–water partition coefficient (Wildman–Crippen LogP) is 4.41. The summed E-state index contributed by atoms with van der Waals surface area (Å²) in [5, 5.41) is 9.09. The average Bonchev–Trinajstić information content (AvgIpc) is 2.27. The highest BCUT2D eigenvalue weighted by Crippen LogP contribution is 2.40. The number of nitrogens with zero attached hydrogens (tertiary/aromatic N) is 1. The number of benzene rings is 1. The molecule has 0 unspecified atom stereocenters. The molecule has 0 radical (unpaired) electrons. The van der Waals surface area contributed by atoms with Crippen LogP contribution in [0.4, 0.5) is 8.78 Å². The zero-order chi connectivity index (χ0) is 15.9. The molecule has 1 aromatic carbocycles. The van der Waals surface area contributed by atoms with Crippen molar-refractivity contribution in [3.63, 3.8) is 0 Å². The molecule has 1 nitrogen and oxygen atoms in total. The Balaban J connectivity index is 4.09. The summed E-state index contributed by atoms with van der Waals surface area (Å²) < 4.78 is 29.4. The lowest BCUT2D eigenvalue weighted by Crippen LogP contribution is -2.27. The number of rotatable bonds is 0. The zero-order valence-corrected chi connectivity index (χ0v) is 12.8. The summed E-state index contributed by atoms with van der Waals surface area (Å²) in [4.78, 5) is 0. The first-order valence-electron chi connectivity index (χ1n) is 6.39. The lowest BCUT2D eigenvalue weighted by molar-refractivity contribution is 0.455. The third-order valence-electron chi connectivity index (χ3n) is 3.13. The molecule has 0 fully saturated rings. The first-order chi connectivity index (χ1) is 8.96. The first-order valence-corrected chi connectivity index (χ1v) is 6.39. The van der Waals surface area contributed by atoms with E-state index >= 15 is 0 Å². The molecule has 0 N–H and O–H groups in total. The van der Waals surface area contributed by atoms with Gasteiger partial charge in [0.15, 0.2) is 0 Å². The van der Waals surface area contributed by atoms with Crippen LogP contribution >= 0.6 is 0 Å². The summed E-state index contributed by atoms with van der Waals surface area (Å²) in [5.74, 6) is 0.736. The van der Waals surface area contributed by atoms with Gasteiger partial charge in [0.05, 0.1) is 5.56 Å².